The molecule has 0 aliphatic carbocycles. The van der Waals surface area contributed by atoms with Crippen LogP contribution in [-0.2, 0) is 9.59 Å². The van der Waals surface area contributed by atoms with Crippen LogP contribution in [0.5, 0.6) is 5.75 Å². The number of fused-ring (bicyclic) bond motifs is 2. The van der Waals surface area contributed by atoms with E-state index in [-0.39, 0.29) is 17.3 Å². The number of hydrogen-bond donors (Lipinski definition) is 2. The van der Waals surface area contributed by atoms with E-state index in [1.807, 2.05) is 60.5 Å². The number of aromatic amines is 1. The van der Waals surface area contributed by atoms with Crippen LogP contribution in [0.1, 0.15) is 31.0 Å². The second-order valence-electron chi connectivity index (χ2n) is 9.96. The van der Waals surface area contributed by atoms with Gasteiger partial charge in [-0.15, -0.1) is 0 Å². The summed E-state index contributed by atoms with van der Waals surface area (Å²) in [5.41, 5.74) is 4.40. The van der Waals surface area contributed by atoms with Crippen molar-refractivity contribution in [3.8, 4) is 5.75 Å². The Morgan fingerprint density at radius 1 is 1.07 bits per heavy atom. The molecule has 1 aromatic heterocycles. The van der Waals surface area contributed by atoms with Crippen molar-refractivity contribution in [2.24, 2.45) is 0 Å². The zero-order chi connectivity index (χ0) is 28.0. The number of aliphatic hydroxyl groups is 1. The molecule has 4 aromatic rings. The van der Waals surface area contributed by atoms with Crippen LogP contribution in [0.15, 0.2) is 72.3 Å². The minimum Gasteiger partial charge on any atom is -0.507 e. The van der Waals surface area contributed by atoms with Gasteiger partial charge in [-0.2, -0.15) is 0 Å². The minimum atomic E-state index is -0.878. The van der Waals surface area contributed by atoms with Crippen molar-refractivity contribution in [2.45, 2.75) is 19.9 Å². The molecule has 0 bridgehead atoms. The highest BCUT2D eigenvalue weighted by Gasteiger charge is 2.48. The molecule has 1 atom stereocenters. The molecule has 0 saturated carbocycles. The maximum Gasteiger partial charge on any atom is 0.302 e. The zero-order valence-corrected chi connectivity index (χ0v) is 22.7. The third kappa shape index (κ3) is 4.14. The monoisotopic (exact) mass is 537 g/mol. The number of H-pyrrole nitrogens is 1. The summed E-state index contributed by atoms with van der Waals surface area (Å²) in [5, 5.41) is 11.6. The number of para-hydroxylation sites is 2. The summed E-state index contributed by atoms with van der Waals surface area (Å²) in [7, 11) is 1.95. The number of ether oxygens (including phenoxy) is 1. The lowest BCUT2D eigenvalue weighted by atomic mass is 9.94. The van der Waals surface area contributed by atoms with E-state index in [0.717, 1.165) is 30.0 Å². The second-order valence-corrected chi connectivity index (χ2v) is 9.96. The third-order valence-corrected chi connectivity index (χ3v) is 7.71. The molecule has 6 rings (SSSR count). The minimum absolute atomic E-state index is 0.0142. The number of imidazole rings is 1. The number of carbonyl (C=O) groups excluding carboxylic acids is 2. The van der Waals surface area contributed by atoms with Crippen LogP contribution in [0.3, 0.4) is 0 Å². The van der Waals surface area contributed by atoms with Crippen molar-refractivity contribution in [3.05, 3.63) is 83.4 Å². The number of benzene rings is 3. The number of ketones is 1. The van der Waals surface area contributed by atoms with Gasteiger partial charge in [-0.25, -0.2) is 4.98 Å². The van der Waals surface area contributed by atoms with E-state index in [1.54, 1.807) is 18.2 Å². The number of nitrogens with zero attached hydrogens (tertiary/aromatic N) is 4. The Morgan fingerprint density at radius 3 is 2.55 bits per heavy atom. The molecule has 1 fully saturated rings. The Bertz CT molecular complexity index is 1600. The lowest BCUT2D eigenvalue weighted by molar-refractivity contribution is -0.132. The normalized spacial score (nSPS) is 18.2. The molecular weight excluding hydrogens is 506 g/mol. The Hall–Kier alpha value is -4.79. The predicted molar refractivity (Wildman–Crippen MR) is 156 cm³/mol. The van der Waals surface area contributed by atoms with Crippen molar-refractivity contribution in [2.75, 3.05) is 48.0 Å². The van der Waals surface area contributed by atoms with Crippen LogP contribution >= 0.6 is 0 Å². The molecule has 40 heavy (non-hydrogen) atoms. The standard InChI is InChI=1S/C31H31N5O4/c1-4-35(5-2)21-13-10-19(11-14-21)27-26(28(37)20-12-15-25-24(18-20)34(3)16-17-40-25)29(38)30(39)36(27)31-32-22-8-6-7-9-23(22)33-31/h6-15,18,27,37H,4-5,16-17H2,1-3H3,(H,32,33)/b28-26+. The summed E-state index contributed by atoms with van der Waals surface area (Å²) < 4.78 is 5.75. The van der Waals surface area contributed by atoms with Gasteiger partial charge in [-0.1, -0.05) is 24.3 Å². The van der Waals surface area contributed by atoms with Gasteiger partial charge in [0.1, 0.15) is 18.1 Å². The first-order valence-electron chi connectivity index (χ1n) is 13.5. The summed E-state index contributed by atoms with van der Waals surface area (Å²) >= 11 is 0. The lowest BCUT2D eigenvalue weighted by Crippen LogP contribution is -2.30. The van der Waals surface area contributed by atoms with E-state index in [1.165, 1.54) is 4.90 Å². The van der Waals surface area contributed by atoms with E-state index < -0.39 is 17.7 Å². The highest BCUT2D eigenvalue weighted by atomic mass is 16.5. The van der Waals surface area contributed by atoms with E-state index in [0.29, 0.717) is 35.5 Å². The maximum absolute atomic E-state index is 13.6. The molecule has 0 spiro atoms. The van der Waals surface area contributed by atoms with Gasteiger partial charge in [0.25, 0.3) is 5.78 Å². The SMILES string of the molecule is CCN(CC)c1ccc(C2/C(=C(\O)c3ccc4c(c3)N(C)CCO4)C(=O)C(=O)N2c2nc3ccccc3[nH]2)cc1. The Kier molecular flexibility index (Phi) is 6.42. The van der Waals surface area contributed by atoms with Crippen LogP contribution in [0.2, 0.25) is 0 Å². The smallest absolute Gasteiger partial charge is 0.302 e. The highest BCUT2D eigenvalue weighted by molar-refractivity contribution is 6.51. The molecule has 3 aromatic carbocycles. The Morgan fingerprint density at radius 2 is 1.82 bits per heavy atom. The number of aliphatic hydroxyl groups excluding tert-OH is 1. The average molecular weight is 538 g/mol. The number of anilines is 3. The van der Waals surface area contributed by atoms with E-state index >= 15 is 0 Å². The van der Waals surface area contributed by atoms with E-state index in [9.17, 15) is 14.7 Å². The summed E-state index contributed by atoms with van der Waals surface area (Å²) in [6.45, 7) is 7.16. The molecule has 1 amide bonds. The molecule has 2 N–H and O–H groups in total. The quantitative estimate of drug-likeness (QED) is 0.206. The molecule has 9 nitrogen and oxygen atoms in total. The third-order valence-electron chi connectivity index (χ3n) is 7.71. The summed E-state index contributed by atoms with van der Waals surface area (Å²) in [6.07, 6.45) is 0. The Labute approximate surface area is 232 Å². The highest BCUT2D eigenvalue weighted by Crippen LogP contribution is 2.43. The average Bonchev–Trinajstić information content (AvgIpc) is 3.52. The summed E-state index contributed by atoms with van der Waals surface area (Å²) in [5.74, 6) is -0.804. The van der Waals surface area contributed by atoms with Gasteiger partial charge >= 0.3 is 5.91 Å². The zero-order valence-electron chi connectivity index (χ0n) is 22.7. The fourth-order valence-corrected chi connectivity index (χ4v) is 5.53. The van der Waals surface area contributed by atoms with Gasteiger partial charge in [-0.3, -0.25) is 14.5 Å². The first kappa shape index (κ1) is 25.5. The van der Waals surface area contributed by atoms with Crippen LogP contribution in [0.25, 0.3) is 16.8 Å². The topological polar surface area (TPSA) is 102 Å². The lowest BCUT2D eigenvalue weighted by Gasteiger charge is -2.28. The summed E-state index contributed by atoms with van der Waals surface area (Å²) in [4.78, 5) is 40.6. The number of rotatable bonds is 6. The summed E-state index contributed by atoms with van der Waals surface area (Å²) in [6, 6.07) is 19.6. The number of Topliss-reactive ketones (excluding diaryl/α,β-unsaturated/α-hetero) is 1. The second kappa shape index (κ2) is 10.1. The largest absolute Gasteiger partial charge is 0.507 e. The number of aromatic nitrogens is 2. The van der Waals surface area contributed by atoms with Gasteiger partial charge < -0.3 is 24.6 Å². The van der Waals surface area contributed by atoms with Gasteiger partial charge in [-0.05, 0) is 61.9 Å². The number of hydrogen-bond acceptors (Lipinski definition) is 7. The van der Waals surface area contributed by atoms with Crippen molar-refractivity contribution in [1.29, 1.82) is 0 Å². The van der Waals surface area contributed by atoms with Crippen LogP contribution < -0.4 is 19.4 Å². The van der Waals surface area contributed by atoms with Crippen molar-refractivity contribution < 1.29 is 19.4 Å². The van der Waals surface area contributed by atoms with Crippen molar-refractivity contribution in [3.63, 3.8) is 0 Å². The molecule has 204 valence electrons. The first-order chi connectivity index (χ1) is 19.4. The van der Waals surface area contributed by atoms with Crippen molar-refractivity contribution >= 4 is 45.8 Å². The maximum atomic E-state index is 13.6. The van der Waals surface area contributed by atoms with Crippen LogP contribution in [-0.4, -0.2) is 60.1 Å². The first-order valence-corrected chi connectivity index (χ1v) is 13.5. The van der Waals surface area contributed by atoms with Gasteiger partial charge in [0.15, 0.2) is 0 Å². The number of nitrogens with one attached hydrogen (secondary N) is 1. The van der Waals surface area contributed by atoms with E-state index in [2.05, 4.69) is 28.7 Å². The van der Waals surface area contributed by atoms with Crippen molar-refractivity contribution in [1.82, 2.24) is 9.97 Å². The predicted octanol–water partition coefficient (Wildman–Crippen LogP) is 4.86. The number of likely N-dealkylation sites (N-methyl/N-ethyl adjacent to an activating group) is 1. The van der Waals surface area contributed by atoms with Crippen LogP contribution in [0.4, 0.5) is 17.3 Å². The fourth-order valence-electron chi connectivity index (χ4n) is 5.53. The Balaban J connectivity index is 1.52. The number of amides is 1. The molecule has 1 saturated heterocycles. The molecular formula is C31H31N5O4. The number of carbonyl (C=O) groups is 2. The molecule has 1 unspecified atom stereocenters. The molecule has 2 aliphatic rings. The van der Waals surface area contributed by atoms with Gasteiger partial charge in [0.2, 0.25) is 5.95 Å². The molecule has 0 radical (unpaired) electrons. The van der Waals surface area contributed by atoms with Gasteiger partial charge in [0.05, 0.1) is 34.9 Å². The molecule has 3 heterocycles. The van der Waals surface area contributed by atoms with Gasteiger partial charge in [0, 0.05) is 31.4 Å². The van der Waals surface area contributed by atoms with E-state index in [4.69, 9.17) is 4.74 Å². The molecule has 2 aliphatic heterocycles. The fraction of sp³-hybridized carbons (Fsp3) is 0.258. The molecule has 9 heteroatoms. The van der Waals surface area contributed by atoms with Crippen LogP contribution in [0, 0.1) is 0 Å².